The van der Waals surface area contributed by atoms with Crippen LogP contribution in [0, 0.1) is 0 Å². The van der Waals surface area contributed by atoms with Crippen molar-refractivity contribution in [3.8, 4) is 0 Å². The van der Waals surface area contributed by atoms with Gasteiger partial charge in [0.2, 0.25) is 0 Å². The minimum atomic E-state index is -4.20. The zero-order valence-corrected chi connectivity index (χ0v) is 10.0. The van der Waals surface area contributed by atoms with Crippen LogP contribution in [0.1, 0.15) is 0 Å². The summed E-state index contributed by atoms with van der Waals surface area (Å²) in [6, 6.07) is 9.77. The second-order valence-corrected chi connectivity index (χ2v) is 5.53. The zero-order chi connectivity index (χ0) is 12.9. The van der Waals surface area contributed by atoms with E-state index in [1.807, 2.05) is 6.07 Å². The van der Waals surface area contributed by atoms with Gasteiger partial charge in [-0.05, 0) is 36.4 Å². The number of aromatic nitrogens is 1. The lowest BCUT2D eigenvalue weighted by atomic mass is 10.1. The molecular formula is C12H10N2O3S. The van der Waals surface area contributed by atoms with Crippen molar-refractivity contribution in [1.29, 1.82) is 0 Å². The van der Waals surface area contributed by atoms with Gasteiger partial charge in [0.1, 0.15) is 0 Å². The van der Waals surface area contributed by atoms with Crippen LogP contribution in [0.2, 0.25) is 0 Å². The van der Waals surface area contributed by atoms with Crippen molar-refractivity contribution in [2.24, 2.45) is 0 Å². The Kier molecular flexibility index (Phi) is 2.13. The molecule has 2 aromatic carbocycles. The van der Waals surface area contributed by atoms with Crippen LogP contribution in [0.4, 0.5) is 5.69 Å². The van der Waals surface area contributed by atoms with Gasteiger partial charge in [-0.25, -0.2) is 0 Å². The van der Waals surface area contributed by atoms with Crippen LogP contribution in [0.15, 0.2) is 41.3 Å². The van der Waals surface area contributed by atoms with Crippen LogP contribution < -0.4 is 5.73 Å². The predicted octanol–water partition coefficient (Wildman–Crippen LogP) is 2.15. The molecule has 0 aliphatic carbocycles. The maximum atomic E-state index is 11.1. The van der Waals surface area contributed by atoms with E-state index in [4.69, 9.17) is 10.3 Å². The number of rotatable bonds is 1. The number of nitrogen functional groups attached to an aromatic ring is 1. The standard InChI is InChI=1S/C12H10N2O3S/c13-7-1-3-11-9(5-7)10-6-8(18(15,16)17)2-4-12(10)14-11/h1-6,14H,13H2,(H,15,16,17). The van der Waals surface area contributed by atoms with Crippen molar-refractivity contribution >= 4 is 37.6 Å². The number of anilines is 1. The molecule has 18 heavy (non-hydrogen) atoms. The highest BCUT2D eigenvalue weighted by Crippen LogP contribution is 2.28. The summed E-state index contributed by atoms with van der Waals surface area (Å²) < 4.78 is 31.3. The first-order chi connectivity index (χ1) is 8.45. The number of H-pyrrole nitrogens is 1. The lowest BCUT2D eigenvalue weighted by Gasteiger charge is -1.97. The summed E-state index contributed by atoms with van der Waals surface area (Å²) in [5, 5.41) is 1.54. The Morgan fingerprint density at radius 2 is 1.61 bits per heavy atom. The monoisotopic (exact) mass is 262 g/mol. The Labute approximate surface area is 103 Å². The number of fused-ring (bicyclic) bond motifs is 3. The van der Waals surface area contributed by atoms with Crippen molar-refractivity contribution in [3.63, 3.8) is 0 Å². The molecule has 3 aromatic rings. The van der Waals surface area contributed by atoms with Crippen molar-refractivity contribution in [2.45, 2.75) is 4.90 Å². The van der Waals surface area contributed by atoms with Gasteiger partial charge in [-0.15, -0.1) is 0 Å². The summed E-state index contributed by atoms with van der Waals surface area (Å²) >= 11 is 0. The third kappa shape index (κ3) is 1.62. The molecule has 0 amide bonds. The van der Waals surface area contributed by atoms with Crippen LogP contribution >= 0.6 is 0 Å². The molecule has 0 fully saturated rings. The SMILES string of the molecule is Nc1ccc2[nH]c3ccc(S(=O)(=O)O)cc3c2c1. The van der Waals surface area contributed by atoms with Crippen LogP contribution in [-0.2, 0) is 10.1 Å². The van der Waals surface area contributed by atoms with Gasteiger partial charge < -0.3 is 10.7 Å². The van der Waals surface area contributed by atoms with Crippen molar-refractivity contribution in [3.05, 3.63) is 36.4 Å². The highest BCUT2D eigenvalue weighted by atomic mass is 32.2. The lowest BCUT2D eigenvalue weighted by molar-refractivity contribution is 0.483. The molecule has 0 spiro atoms. The molecule has 0 atom stereocenters. The number of nitrogens with two attached hydrogens (primary N) is 1. The van der Waals surface area contributed by atoms with Gasteiger partial charge in [-0.2, -0.15) is 8.42 Å². The number of nitrogens with one attached hydrogen (secondary N) is 1. The van der Waals surface area contributed by atoms with E-state index in [2.05, 4.69) is 4.98 Å². The molecule has 3 rings (SSSR count). The van der Waals surface area contributed by atoms with Crippen LogP contribution in [0.3, 0.4) is 0 Å². The molecule has 1 aromatic heterocycles. The average Bonchev–Trinajstić information content (AvgIpc) is 2.65. The van der Waals surface area contributed by atoms with Crippen molar-refractivity contribution < 1.29 is 13.0 Å². The van der Waals surface area contributed by atoms with Gasteiger partial charge in [0.25, 0.3) is 10.1 Å². The van der Waals surface area contributed by atoms with Gasteiger partial charge >= 0.3 is 0 Å². The fourth-order valence-electron chi connectivity index (χ4n) is 2.05. The van der Waals surface area contributed by atoms with E-state index in [9.17, 15) is 8.42 Å². The summed E-state index contributed by atoms with van der Waals surface area (Å²) in [5.74, 6) is 0. The Morgan fingerprint density at radius 3 is 2.28 bits per heavy atom. The topological polar surface area (TPSA) is 96.2 Å². The summed E-state index contributed by atoms with van der Waals surface area (Å²) in [6.45, 7) is 0. The number of hydrogen-bond acceptors (Lipinski definition) is 3. The van der Waals surface area contributed by atoms with Crippen LogP contribution in [0.25, 0.3) is 21.8 Å². The van der Waals surface area contributed by atoms with E-state index in [-0.39, 0.29) is 4.90 Å². The lowest BCUT2D eigenvalue weighted by Crippen LogP contribution is -1.96. The van der Waals surface area contributed by atoms with Crippen LogP contribution in [0.5, 0.6) is 0 Å². The largest absolute Gasteiger partial charge is 0.399 e. The van der Waals surface area contributed by atoms with Gasteiger partial charge in [-0.3, -0.25) is 4.55 Å². The minimum Gasteiger partial charge on any atom is -0.399 e. The number of benzene rings is 2. The summed E-state index contributed by atoms with van der Waals surface area (Å²) in [5.41, 5.74) is 7.98. The Balaban J connectivity index is 2.45. The maximum Gasteiger partial charge on any atom is 0.294 e. The Morgan fingerprint density at radius 1 is 1.00 bits per heavy atom. The molecule has 0 aliphatic heterocycles. The first-order valence-corrected chi connectivity index (χ1v) is 6.67. The first kappa shape index (κ1) is 11.1. The second-order valence-electron chi connectivity index (χ2n) is 4.11. The van der Waals surface area contributed by atoms with Crippen LogP contribution in [-0.4, -0.2) is 18.0 Å². The fourth-order valence-corrected chi connectivity index (χ4v) is 2.56. The van der Waals surface area contributed by atoms with Gasteiger partial charge in [0.05, 0.1) is 4.90 Å². The second kappa shape index (κ2) is 3.47. The molecule has 92 valence electrons. The van der Waals surface area contributed by atoms with Gasteiger partial charge in [0, 0.05) is 27.5 Å². The molecule has 0 unspecified atom stereocenters. The molecule has 0 saturated heterocycles. The number of hydrogen-bond donors (Lipinski definition) is 3. The molecule has 0 aliphatic rings. The smallest absolute Gasteiger partial charge is 0.294 e. The minimum absolute atomic E-state index is 0.127. The van der Waals surface area contributed by atoms with E-state index in [0.29, 0.717) is 11.1 Å². The van der Waals surface area contributed by atoms with E-state index in [1.165, 1.54) is 12.1 Å². The van der Waals surface area contributed by atoms with E-state index in [1.54, 1.807) is 18.2 Å². The summed E-state index contributed by atoms with van der Waals surface area (Å²) in [6.07, 6.45) is 0. The van der Waals surface area contributed by atoms with Crippen molar-refractivity contribution in [1.82, 2.24) is 4.98 Å². The Hall–Kier alpha value is -2.05. The quantitative estimate of drug-likeness (QED) is 0.462. The third-order valence-corrected chi connectivity index (χ3v) is 3.74. The van der Waals surface area contributed by atoms with E-state index < -0.39 is 10.1 Å². The highest BCUT2D eigenvalue weighted by molar-refractivity contribution is 7.85. The predicted molar refractivity (Wildman–Crippen MR) is 70.0 cm³/mol. The van der Waals surface area contributed by atoms with Gasteiger partial charge in [0.15, 0.2) is 0 Å². The molecule has 5 nitrogen and oxygen atoms in total. The third-order valence-electron chi connectivity index (χ3n) is 2.89. The maximum absolute atomic E-state index is 11.1. The highest BCUT2D eigenvalue weighted by Gasteiger charge is 2.12. The molecule has 0 bridgehead atoms. The summed E-state index contributed by atoms with van der Waals surface area (Å²) in [4.78, 5) is 3.03. The van der Waals surface area contributed by atoms with Crippen molar-refractivity contribution in [2.75, 3.05) is 5.73 Å². The molecular weight excluding hydrogens is 252 g/mol. The van der Waals surface area contributed by atoms with E-state index in [0.717, 1.165) is 16.4 Å². The molecule has 0 saturated carbocycles. The molecule has 4 N–H and O–H groups in total. The van der Waals surface area contributed by atoms with E-state index >= 15 is 0 Å². The molecule has 0 radical (unpaired) electrons. The first-order valence-electron chi connectivity index (χ1n) is 5.23. The normalized spacial score (nSPS) is 12.3. The number of aromatic amines is 1. The molecule has 6 heteroatoms. The summed E-state index contributed by atoms with van der Waals surface area (Å²) in [7, 11) is -4.20. The zero-order valence-electron chi connectivity index (χ0n) is 9.21. The average molecular weight is 262 g/mol. The Bertz CT molecular complexity index is 866. The molecule has 1 heterocycles. The van der Waals surface area contributed by atoms with Gasteiger partial charge in [-0.1, -0.05) is 0 Å². The fraction of sp³-hybridized carbons (Fsp3) is 0.